The molecule has 1 unspecified atom stereocenters. The molecule has 1 fully saturated rings. The molecule has 0 saturated carbocycles. The lowest BCUT2D eigenvalue weighted by Gasteiger charge is -2.18. The lowest BCUT2D eigenvalue weighted by molar-refractivity contribution is -0.120. The van der Waals surface area contributed by atoms with Crippen molar-refractivity contribution < 1.29 is 18.0 Å². The van der Waals surface area contributed by atoms with Gasteiger partial charge >= 0.3 is 6.03 Å². The van der Waals surface area contributed by atoms with Crippen molar-refractivity contribution in [2.45, 2.75) is 19.4 Å². The Morgan fingerprint density at radius 2 is 1.87 bits per heavy atom. The summed E-state index contributed by atoms with van der Waals surface area (Å²) in [5.41, 5.74) is 1.26. The molecular formula is C14H20N4O4S. The number of nitrogens with one attached hydrogen (secondary N) is 3. The van der Waals surface area contributed by atoms with E-state index in [2.05, 4.69) is 16.0 Å². The van der Waals surface area contributed by atoms with Crippen LogP contribution in [0.2, 0.25) is 0 Å². The Labute approximate surface area is 135 Å². The summed E-state index contributed by atoms with van der Waals surface area (Å²) in [7, 11) is -1.78. The highest BCUT2D eigenvalue weighted by Gasteiger charge is 2.28. The topological polar surface area (TPSA) is 108 Å². The minimum absolute atomic E-state index is 0.170. The molecule has 1 heterocycles. The molecule has 0 spiro atoms. The number of urea groups is 1. The first-order valence-corrected chi connectivity index (χ1v) is 8.84. The van der Waals surface area contributed by atoms with Gasteiger partial charge in [-0.3, -0.25) is 14.4 Å². The second-order valence-electron chi connectivity index (χ2n) is 5.22. The molecule has 1 atom stereocenters. The van der Waals surface area contributed by atoms with Crippen LogP contribution >= 0.6 is 0 Å². The number of carbonyl (C=O) groups is 2. The highest BCUT2D eigenvalue weighted by molar-refractivity contribution is 7.93. The molecule has 8 nitrogen and oxygen atoms in total. The average molecular weight is 340 g/mol. The summed E-state index contributed by atoms with van der Waals surface area (Å²) < 4.78 is 25.1. The van der Waals surface area contributed by atoms with Crippen molar-refractivity contribution in [3.8, 4) is 0 Å². The number of sulfonamides is 1. The summed E-state index contributed by atoms with van der Waals surface area (Å²) in [6, 6.07) is 5.59. The standard InChI is InChI=1S/C14H20N4O4S/c1-10(13(19)17-14(20)15-2)16-11-4-6-12(7-5-11)18-8-3-9-23(18,21)22/h4-7,10,16H,3,8-9H2,1-2H3,(H2,15,17,19,20). The van der Waals surface area contributed by atoms with Gasteiger partial charge in [-0.1, -0.05) is 0 Å². The van der Waals surface area contributed by atoms with E-state index in [-0.39, 0.29) is 5.75 Å². The molecule has 0 radical (unpaired) electrons. The predicted molar refractivity (Wildman–Crippen MR) is 87.9 cm³/mol. The SMILES string of the molecule is CNC(=O)NC(=O)C(C)Nc1ccc(N2CCCS2(=O)=O)cc1. The van der Waals surface area contributed by atoms with E-state index in [9.17, 15) is 18.0 Å². The fourth-order valence-electron chi connectivity index (χ4n) is 2.25. The number of carbonyl (C=O) groups excluding carboxylic acids is 2. The zero-order valence-corrected chi connectivity index (χ0v) is 13.8. The molecule has 1 aromatic rings. The van der Waals surface area contributed by atoms with Crippen LogP contribution in [0.3, 0.4) is 0 Å². The van der Waals surface area contributed by atoms with E-state index < -0.39 is 28.0 Å². The third kappa shape index (κ3) is 4.13. The normalized spacial score (nSPS) is 17.4. The number of imide groups is 1. The molecule has 23 heavy (non-hydrogen) atoms. The number of amides is 3. The van der Waals surface area contributed by atoms with Gasteiger partial charge in [-0.15, -0.1) is 0 Å². The first-order valence-electron chi connectivity index (χ1n) is 7.23. The second-order valence-corrected chi connectivity index (χ2v) is 7.24. The van der Waals surface area contributed by atoms with Crippen LogP contribution in [0.1, 0.15) is 13.3 Å². The van der Waals surface area contributed by atoms with Crippen molar-refractivity contribution in [2.24, 2.45) is 0 Å². The highest BCUT2D eigenvalue weighted by atomic mass is 32.2. The van der Waals surface area contributed by atoms with Crippen LogP contribution in [0.5, 0.6) is 0 Å². The smallest absolute Gasteiger partial charge is 0.321 e. The minimum Gasteiger partial charge on any atom is -0.374 e. The maximum atomic E-state index is 11.9. The lowest BCUT2D eigenvalue weighted by Crippen LogP contribution is -2.44. The van der Waals surface area contributed by atoms with Crippen LogP contribution in [0.25, 0.3) is 0 Å². The molecule has 126 valence electrons. The van der Waals surface area contributed by atoms with Gasteiger partial charge in [0.2, 0.25) is 15.9 Å². The van der Waals surface area contributed by atoms with Crippen LogP contribution in [0.15, 0.2) is 24.3 Å². The van der Waals surface area contributed by atoms with Gasteiger partial charge in [0.15, 0.2) is 0 Å². The average Bonchev–Trinajstić information content (AvgIpc) is 2.87. The van der Waals surface area contributed by atoms with Gasteiger partial charge in [-0.2, -0.15) is 0 Å². The van der Waals surface area contributed by atoms with Crippen molar-refractivity contribution in [3.63, 3.8) is 0 Å². The minimum atomic E-state index is -3.20. The summed E-state index contributed by atoms with van der Waals surface area (Å²) in [4.78, 5) is 22.9. The van der Waals surface area contributed by atoms with E-state index in [1.165, 1.54) is 11.4 Å². The molecule has 1 aromatic carbocycles. The molecule has 0 aromatic heterocycles. The number of nitrogens with zero attached hydrogens (tertiary/aromatic N) is 1. The summed E-state index contributed by atoms with van der Waals surface area (Å²) in [6.45, 7) is 2.11. The number of anilines is 2. The van der Waals surface area contributed by atoms with Gasteiger partial charge in [0, 0.05) is 19.3 Å². The number of hydrogen-bond acceptors (Lipinski definition) is 5. The summed E-state index contributed by atoms with van der Waals surface area (Å²) >= 11 is 0. The molecule has 3 N–H and O–H groups in total. The van der Waals surface area contributed by atoms with Crippen molar-refractivity contribution in [1.29, 1.82) is 0 Å². The summed E-state index contributed by atoms with van der Waals surface area (Å²) in [6.07, 6.45) is 0.624. The first-order chi connectivity index (χ1) is 10.8. The maximum absolute atomic E-state index is 11.9. The molecule has 2 rings (SSSR count). The molecule has 0 aliphatic carbocycles. The van der Waals surface area contributed by atoms with Gasteiger partial charge in [0.05, 0.1) is 11.4 Å². The van der Waals surface area contributed by atoms with Crippen LogP contribution in [0, 0.1) is 0 Å². The Hall–Kier alpha value is -2.29. The molecule has 1 saturated heterocycles. The van der Waals surface area contributed by atoms with E-state index in [0.717, 1.165) is 0 Å². The molecule has 3 amide bonds. The third-order valence-corrected chi connectivity index (χ3v) is 5.36. The van der Waals surface area contributed by atoms with E-state index in [4.69, 9.17) is 0 Å². The Kier molecular flexibility index (Phi) is 5.09. The quantitative estimate of drug-likeness (QED) is 0.739. The monoisotopic (exact) mass is 340 g/mol. The Bertz CT molecular complexity index is 687. The van der Waals surface area contributed by atoms with Gasteiger partial charge < -0.3 is 10.6 Å². The van der Waals surface area contributed by atoms with Crippen LogP contribution in [0.4, 0.5) is 16.2 Å². The van der Waals surface area contributed by atoms with Gasteiger partial charge in [-0.05, 0) is 37.6 Å². The molecule has 9 heteroatoms. The van der Waals surface area contributed by atoms with E-state index in [0.29, 0.717) is 24.3 Å². The molecular weight excluding hydrogens is 320 g/mol. The van der Waals surface area contributed by atoms with E-state index >= 15 is 0 Å². The molecule has 1 aliphatic heterocycles. The summed E-state index contributed by atoms with van der Waals surface area (Å²) in [5.74, 6) is -0.292. The fraction of sp³-hybridized carbons (Fsp3) is 0.429. The number of rotatable bonds is 4. The Balaban J connectivity index is 2.00. The van der Waals surface area contributed by atoms with Gasteiger partial charge in [-0.25, -0.2) is 13.2 Å². The zero-order chi connectivity index (χ0) is 17.0. The van der Waals surface area contributed by atoms with Gasteiger partial charge in [0.1, 0.15) is 6.04 Å². The van der Waals surface area contributed by atoms with Gasteiger partial charge in [0.25, 0.3) is 0 Å². The summed E-state index contributed by atoms with van der Waals surface area (Å²) in [5, 5.41) is 7.43. The van der Waals surface area contributed by atoms with Crippen LogP contribution in [-0.4, -0.2) is 45.7 Å². The Morgan fingerprint density at radius 3 is 2.39 bits per heavy atom. The third-order valence-electron chi connectivity index (χ3n) is 3.49. The van der Waals surface area contributed by atoms with Crippen LogP contribution in [-0.2, 0) is 14.8 Å². The molecule has 0 bridgehead atoms. The number of benzene rings is 1. The van der Waals surface area contributed by atoms with E-state index in [1.807, 2.05) is 0 Å². The first kappa shape index (κ1) is 17.1. The zero-order valence-electron chi connectivity index (χ0n) is 13.0. The van der Waals surface area contributed by atoms with Crippen molar-refractivity contribution in [1.82, 2.24) is 10.6 Å². The second kappa shape index (κ2) is 6.86. The van der Waals surface area contributed by atoms with Crippen molar-refractivity contribution in [3.05, 3.63) is 24.3 Å². The largest absolute Gasteiger partial charge is 0.374 e. The lowest BCUT2D eigenvalue weighted by atomic mass is 10.2. The Morgan fingerprint density at radius 1 is 1.22 bits per heavy atom. The fourth-order valence-corrected chi connectivity index (χ4v) is 3.82. The predicted octanol–water partition coefficient (Wildman–Crippen LogP) is 0.483. The van der Waals surface area contributed by atoms with E-state index in [1.54, 1.807) is 31.2 Å². The molecule has 1 aliphatic rings. The van der Waals surface area contributed by atoms with Crippen LogP contribution < -0.4 is 20.3 Å². The van der Waals surface area contributed by atoms with Crippen molar-refractivity contribution in [2.75, 3.05) is 29.0 Å². The highest BCUT2D eigenvalue weighted by Crippen LogP contribution is 2.25. The maximum Gasteiger partial charge on any atom is 0.321 e. The number of hydrogen-bond donors (Lipinski definition) is 3. The van der Waals surface area contributed by atoms with Crippen molar-refractivity contribution >= 4 is 33.3 Å².